The van der Waals surface area contributed by atoms with Crippen LogP contribution in [0.25, 0.3) is 0 Å². The van der Waals surface area contributed by atoms with Gasteiger partial charge in [0.2, 0.25) is 0 Å². The van der Waals surface area contributed by atoms with Crippen molar-refractivity contribution in [1.29, 1.82) is 0 Å². The van der Waals surface area contributed by atoms with Gasteiger partial charge in [-0.1, -0.05) is 27.2 Å². The zero-order valence-corrected chi connectivity index (χ0v) is 19.7. The third-order valence-electron chi connectivity index (χ3n) is 7.55. The van der Waals surface area contributed by atoms with E-state index in [9.17, 15) is 26.3 Å². The van der Waals surface area contributed by atoms with Crippen molar-refractivity contribution in [2.75, 3.05) is 6.54 Å². The maximum atomic E-state index is 13.5. The zero-order chi connectivity index (χ0) is 24.4. The summed E-state index contributed by atoms with van der Waals surface area (Å²) in [5, 5.41) is 14.0. The van der Waals surface area contributed by atoms with Gasteiger partial charge in [-0.3, -0.25) is 26.6 Å². The molecule has 5 unspecified atom stereocenters. The molecule has 2 aliphatic carbocycles. The third kappa shape index (κ3) is 7.95. The van der Waals surface area contributed by atoms with Gasteiger partial charge in [-0.25, -0.2) is 0 Å². The Morgan fingerprint density at radius 1 is 0.727 bits per heavy atom. The second-order valence-corrected chi connectivity index (χ2v) is 11.1. The monoisotopic (exact) mass is 487 g/mol. The van der Waals surface area contributed by atoms with Gasteiger partial charge >= 0.3 is 12.4 Å². The van der Waals surface area contributed by atoms with Crippen LogP contribution in [0, 0.1) is 23.2 Å². The van der Waals surface area contributed by atoms with Crippen LogP contribution in [-0.4, -0.2) is 43.7 Å². The number of hydrogen-bond acceptors (Lipinski definition) is 5. The first-order valence-corrected chi connectivity index (χ1v) is 12.1. The summed E-state index contributed by atoms with van der Waals surface area (Å²) in [6.07, 6.45) is -7.40. The number of rotatable bonds is 5. The van der Waals surface area contributed by atoms with Gasteiger partial charge in [0.1, 0.15) is 12.6 Å². The van der Waals surface area contributed by atoms with Gasteiger partial charge < -0.3 is 0 Å². The lowest BCUT2D eigenvalue weighted by molar-refractivity contribution is -0.185. The Bertz CT molecular complexity index is 612. The van der Waals surface area contributed by atoms with Crippen molar-refractivity contribution in [2.24, 2.45) is 23.2 Å². The molecule has 5 nitrogen and oxygen atoms in total. The summed E-state index contributed by atoms with van der Waals surface area (Å²) in [4.78, 5) is 0. The largest absolute Gasteiger partial charge is 0.417 e. The predicted molar refractivity (Wildman–Crippen MR) is 115 cm³/mol. The maximum absolute atomic E-state index is 13.5. The van der Waals surface area contributed by atoms with Crippen molar-refractivity contribution in [3.8, 4) is 0 Å². The molecule has 3 rings (SSSR count). The fraction of sp³-hybridized carbons (Fsp3) is 1.00. The normalized spacial score (nSPS) is 37.2. The second kappa shape index (κ2) is 10.6. The molecule has 3 fully saturated rings. The van der Waals surface area contributed by atoms with Crippen molar-refractivity contribution >= 4 is 0 Å². The van der Waals surface area contributed by atoms with Gasteiger partial charge in [-0.2, -0.15) is 26.3 Å². The van der Waals surface area contributed by atoms with Crippen molar-refractivity contribution < 1.29 is 26.3 Å². The minimum atomic E-state index is -4.53. The molecule has 0 aromatic carbocycles. The fourth-order valence-corrected chi connectivity index (χ4v) is 5.44. The van der Waals surface area contributed by atoms with E-state index in [0.717, 1.165) is 25.7 Å². The van der Waals surface area contributed by atoms with E-state index in [4.69, 9.17) is 0 Å². The molecule has 0 aromatic rings. The molecule has 194 valence electrons. The van der Waals surface area contributed by atoms with E-state index in [0.29, 0.717) is 31.2 Å². The first-order chi connectivity index (χ1) is 15.2. The van der Waals surface area contributed by atoms with Gasteiger partial charge in [-0.05, 0) is 62.2 Å². The molecule has 0 amide bonds. The van der Waals surface area contributed by atoms with Crippen molar-refractivity contribution in [3.63, 3.8) is 0 Å². The summed E-state index contributed by atoms with van der Waals surface area (Å²) < 4.78 is 79.8. The molecule has 0 spiro atoms. The molecule has 2 saturated carbocycles. The Kier molecular flexibility index (Phi) is 8.63. The van der Waals surface area contributed by atoms with E-state index in [1.54, 1.807) is 0 Å². The molecule has 3 aliphatic rings. The molecular formula is C22H39F6N5. The highest BCUT2D eigenvalue weighted by Crippen LogP contribution is 2.40. The van der Waals surface area contributed by atoms with E-state index in [1.807, 2.05) is 0 Å². The first-order valence-electron chi connectivity index (χ1n) is 12.1. The molecule has 5 N–H and O–H groups in total. The van der Waals surface area contributed by atoms with Crippen LogP contribution in [0.15, 0.2) is 0 Å². The van der Waals surface area contributed by atoms with Gasteiger partial charge in [0.05, 0.1) is 5.92 Å². The molecule has 1 aliphatic heterocycles. The van der Waals surface area contributed by atoms with E-state index in [1.165, 1.54) is 0 Å². The molecule has 0 radical (unpaired) electrons. The van der Waals surface area contributed by atoms with Gasteiger partial charge in [0.15, 0.2) is 6.17 Å². The predicted octanol–water partition coefficient (Wildman–Crippen LogP) is 4.38. The summed E-state index contributed by atoms with van der Waals surface area (Å²) in [6, 6.07) is -0.504. The van der Waals surface area contributed by atoms with Gasteiger partial charge in [0, 0.05) is 12.6 Å². The van der Waals surface area contributed by atoms with Crippen LogP contribution in [0.5, 0.6) is 0 Å². The number of nitrogens with one attached hydrogen (secondary N) is 5. The summed E-state index contributed by atoms with van der Waals surface area (Å²) in [6.45, 7) is 7.31. The average molecular weight is 488 g/mol. The quantitative estimate of drug-likeness (QED) is 0.373. The molecular weight excluding hydrogens is 448 g/mol. The van der Waals surface area contributed by atoms with Crippen LogP contribution in [0.2, 0.25) is 0 Å². The van der Waals surface area contributed by atoms with Crippen LogP contribution >= 0.6 is 0 Å². The van der Waals surface area contributed by atoms with Crippen molar-refractivity contribution in [1.82, 2.24) is 26.6 Å². The van der Waals surface area contributed by atoms with Crippen molar-refractivity contribution in [3.05, 3.63) is 0 Å². The van der Waals surface area contributed by atoms with Crippen molar-refractivity contribution in [2.45, 2.75) is 109 Å². The standard InChI is InChI=1S/C22H39F6N5/c1-20(2,3)14-9-7-13(8-10-14)12-29-18-31-17(22(26,27)28)32-19(33-18)30-16-6-4-5-15(11-16)21(23,24)25/h13-19,29-33H,4-12H2,1-3H3. The van der Waals surface area contributed by atoms with Crippen LogP contribution < -0.4 is 26.6 Å². The molecule has 0 bridgehead atoms. The fourth-order valence-electron chi connectivity index (χ4n) is 5.44. The third-order valence-corrected chi connectivity index (χ3v) is 7.55. The lowest BCUT2D eigenvalue weighted by Gasteiger charge is -2.43. The second-order valence-electron chi connectivity index (χ2n) is 11.1. The Morgan fingerprint density at radius 2 is 1.36 bits per heavy atom. The molecule has 33 heavy (non-hydrogen) atoms. The number of halogens is 6. The zero-order valence-electron chi connectivity index (χ0n) is 19.7. The van der Waals surface area contributed by atoms with Crippen LogP contribution in [0.1, 0.15) is 72.1 Å². The SMILES string of the molecule is CC(C)(C)C1CCC(CNC2NC(NC3CCCC(C(F)(F)F)C3)NC(C(F)(F)F)N2)CC1. The Balaban J connectivity index is 1.53. The Morgan fingerprint density at radius 3 is 1.94 bits per heavy atom. The maximum Gasteiger partial charge on any atom is 0.417 e. The smallest absolute Gasteiger partial charge is 0.289 e. The summed E-state index contributed by atoms with van der Waals surface area (Å²) in [5.74, 6) is -0.368. The lowest BCUT2D eigenvalue weighted by Crippen LogP contribution is -2.78. The Labute approximate surface area is 192 Å². The van der Waals surface area contributed by atoms with E-state index < -0.39 is 43.1 Å². The van der Waals surface area contributed by atoms with Crippen LogP contribution in [-0.2, 0) is 0 Å². The molecule has 11 heteroatoms. The molecule has 1 saturated heterocycles. The average Bonchev–Trinajstić information content (AvgIpc) is 2.71. The molecule has 5 atom stereocenters. The van der Waals surface area contributed by atoms with E-state index in [-0.39, 0.29) is 18.3 Å². The summed E-state index contributed by atoms with van der Waals surface area (Å²) in [7, 11) is 0. The minimum Gasteiger partial charge on any atom is -0.289 e. The topological polar surface area (TPSA) is 60.1 Å². The number of alkyl halides is 6. The number of hydrogen-bond donors (Lipinski definition) is 5. The lowest BCUT2D eigenvalue weighted by atomic mass is 9.70. The van der Waals surface area contributed by atoms with Gasteiger partial charge in [-0.15, -0.1) is 0 Å². The van der Waals surface area contributed by atoms with Gasteiger partial charge in [0.25, 0.3) is 0 Å². The highest BCUT2D eigenvalue weighted by molar-refractivity contribution is 4.90. The summed E-state index contributed by atoms with van der Waals surface area (Å²) in [5.41, 5.74) is 0.264. The van der Waals surface area contributed by atoms with E-state index in [2.05, 4.69) is 47.4 Å². The Hall–Kier alpha value is -0.620. The van der Waals surface area contributed by atoms with Crippen LogP contribution in [0.3, 0.4) is 0 Å². The first kappa shape index (κ1) is 27.0. The summed E-state index contributed by atoms with van der Waals surface area (Å²) >= 11 is 0. The molecule has 1 heterocycles. The van der Waals surface area contributed by atoms with Crippen LogP contribution in [0.4, 0.5) is 26.3 Å². The minimum absolute atomic E-state index is 0.0710. The highest BCUT2D eigenvalue weighted by Gasteiger charge is 2.46. The highest BCUT2D eigenvalue weighted by atomic mass is 19.4. The molecule has 0 aromatic heterocycles. The van der Waals surface area contributed by atoms with E-state index >= 15 is 0 Å².